The van der Waals surface area contributed by atoms with Gasteiger partial charge in [0.1, 0.15) is 12.0 Å². The number of rotatable bonds is 12. The third-order valence-electron chi connectivity index (χ3n) is 3.47. The maximum Gasteiger partial charge on any atom is 0.346 e. The van der Waals surface area contributed by atoms with Crippen LogP contribution in [0.1, 0.15) is 33.1 Å². The molecule has 0 heterocycles. The van der Waals surface area contributed by atoms with Crippen molar-refractivity contribution in [2.24, 2.45) is 5.92 Å². The van der Waals surface area contributed by atoms with Crippen molar-refractivity contribution in [2.45, 2.75) is 44.8 Å². The first-order chi connectivity index (χ1) is 11.1. The fraction of sp³-hybridized carbons (Fsp3) is 0.714. The number of amides is 1. The van der Waals surface area contributed by atoms with Crippen LogP contribution in [-0.2, 0) is 19.2 Å². The number of carboxylic acid groups (broad SMARTS) is 3. The quantitative estimate of drug-likeness (QED) is 0.237. The largest absolute Gasteiger partial charge is 0.481 e. The number of carboxylic acids is 3. The molecule has 0 spiro atoms. The summed E-state index contributed by atoms with van der Waals surface area (Å²) in [6.07, 6.45) is 1.97. The highest BCUT2D eigenvalue weighted by Gasteiger charge is 2.53. The van der Waals surface area contributed by atoms with Crippen LogP contribution in [0.3, 0.4) is 0 Å². The van der Waals surface area contributed by atoms with Crippen molar-refractivity contribution in [2.75, 3.05) is 11.5 Å². The molecular formula is C14H23NO8S. The molecule has 0 fully saturated rings. The van der Waals surface area contributed by atoms with E-state index in [1.54, 1.807) is 0 Å². The zero-order chi connectivity index (χ0) is 18.9. The van der Waals surface area contributed by atoms with Crippen LogP contribution in [0.15, 0.2) is 0 Å². The van der Waals surface area contributed by atoms with E-state index in [0.29, 0.717) is 5.75 Å². The third-order valence-corrected chi connectivity index (χ3v) is 4.57. The number of carbonyl (C=O) groups excluding carboxylic acids is 1. The predicted molar refractivity (Wildman–Crippen MR) is 85.8 cm³/mol. The van der Waals surface area contributed by atoms with Crippen molar-refractivity contribution in [3.63, 3.8) is 0 Å². The third kappa shape index (κ3) is 6.00. The number of unbranched alkanes of at least 4 members (excludes halogenated alkanes) is 1. The topological polar surface area (TPSA) is 161 Å². The summed E-state index contributed by atoms with van der Waals surface area (Å²) in [5.41, 5.74) is -3.26. The fourth-order valence-electron chi connectivity index (χ4n) is 1.73. The molecule has 138 valence electrons. The van der Waals surface area contributed by atoms with Gasteiger partial charge in [0.05, 0.1) is 0 Å². The maximum atomic E-state index is 12.0. The van der Waals surface area contributed by atoms with E-state index in [0.717, 1.165) is 25.5 Å². The molecule has 0 rings (SSSR count). The highest BCUT2D eigenvalue weighted by Crippen LogP contribution is 2.20. The Bertz CT molecular complexity index is 483. The van der Waals surface area contributed by atoms with Gasteiger partial charge in [-0.2, -0.15) is 11.8 Å². The van der Waals surface area contributed by atoms with Crippen molar-refractivity contribution in [3.05, 3.63) is 0 Å². The number of hydrogen-bond acceptors (Lipinski definition) is 6. The predicted octanol–water partition coefficient (Wildman–Crippen LogP) is 0.0156. The number of hydrogen-bond donors (Lipinski definition) is 5. The first-order valence-corrected chi connectivity index (χ1v) is 8.54. The molecule has 24 heavy (non-hydrogen) atoms. The molecule has 0 saturated heterocycles. The van der Waals surface area contributed by atoms with Gasteiger partial charge >= 0.3 is 17.9 Å². The molecular weight excluding hydrogens is 342 g/mol. The first-order valence-electron chi connectivity index (χ1n) is 7.39. The Kier molecular flexibility index (Phi) is 9.37. The van der Waals surface area contributed by atoms with Crippen molar-refractivity contribution >= 4 is 35.6 Å². The summed E-state index contributed by atoms with van der Waals surface area (Å²) >= 11 is 1.49. The number of nitrogens with one attached hydrogen (secondary N) is 1. The summed E-state index contributed by atoms with van der Waals surface area (Å²) in [6.45, 7) is 2.86. The minimum Gasteiger partial charge on any atom is -0.481 e. The van der Waals surface area contributed by atoms with Gasteiger partial charge in [0.25, 0.3) is 11.5 Å². The summed E-state index contributed by atoms with van der Waals surface area (Å²) in [5, 5.41) is 38.9. The Morgan fingerprint density at radius 1 is 1.08 bits per heavy atom. The molecule has 0 aliphatic heterocycles. The van der Waals surface area contributed by atoms with E-state index in [-0.39, 0.29) is 6.42 Å². The molecule has 10 heteroatoms. The van der Waals surface area contributed by atoms with Crippen LogP contribution in [0.4, 0.5) is 0 Å². The first kappa shape index (κ1) is 22.2. The van der Waals surface area contributed by atoms with Crippen LogP contribution in [0.5, 0.6) is 0 Å². The Labute approximate surface area is 143 Å². The average molecular weight is 365 g/mol. The van der Waals surface area contributed by atoms with E-state index in [1.807, 2.05) is 12.2 Å². The minimum atomic E-state index is -3.26. The molecule has 0 radical (unpaired) electrons. The SMILES string of the molecule is CCCCSCCC(NC(=O)C(O)(C(=O)O)C(C)C(=O)O)C(=O)O. The van der Waals surface area contributed by atoms with E-state index in [2.05, 4.69) is 0 Å². The van der Waals surface area contributed by atoms with Crippen molar-refractivity contribution in [1.82, 2.24) is 5.32 Å². The Balaban J connectivity index is 4.99. The van der Waals surface area contributed by atoms with Crippen molar-refractivity contribution < 1.29 is 39.6 Å². The molecule has 3 atom stereocenters. The molecule has 0 aliphatic rings. The second-order valence-corrected chi connectivity index (χ2v) is 6.48. The van der Waals surface area contributed by atoms with Crippen molar-refractivity contribution in [1.29, 1.82) is 0 Å². The van der Waals surface area contributed by atoms with Gasteiger partial charge in [-0.25, -0.2) is 9.59 Å². The molecule has 0 aromatic rings. The molecule has 0 aliphatic carbocycles. The maximum absolute atomic E-state index is 12.0. The summed E-state index contributed by atoms with van der Waals surface area (Å²) < 4.78 is 0. The van der Waals surface area contributed by atoms with Crippen LogP contribution in [0, 0.1) is 5.92 Å². The highest BCUT2D eigenvalue weighted by atomic mass is 32.2. The fourth-order valence-corrected chi connectivity index (χ4v) is 2.83. The van der Waals surface area contributed by atoms with Gasteiger partial charge < -0.3 is 25.7 Å². The van der Waals surface area contributed by atoms with E-state index in [1.165, 1.54) is 11.8 Å². The van der Waals surface area contributed by atoms with E-state index < -0.39 is 41.4 Å². The summed E-state index contributed by atoms with van der Waals surface area (Å²) in [4.78, 5) is 45.3. The molecule has 0 bridgehead atoms. The monoisotopic (exact) mass is 365 g/mol. The molecule has 0 aromatic heterocycles. The second-order valence-electron chi connectivity index (χ2n) is 5.25. The van der Waals surface area contributed by atoms with E-state index in [4.69, 9.17) is 15.3 Å². The van der Waals surface area contributed by atoms with Crippen molar-refractivity contribution in [3.8, 4) is 0 Å². The number of carbonyl (C=O) groups is 4. The molecule has 0 saturated carbocycles. The Morgan fingerprint density at radius 2 is 1.67 bits per heavy atom. The average Bonchev–Trinajstić information content (AvgIpc) is 2.51. The normalized spacial score (nSPS) is 15.8. The van der Waals surface area contributed by atoms with E-state index in [9.17, 15) is 24.3 Å². The van der Waals surface area contributed by atoms with Gasteiger partial charge in [0.15, 0.2) is 0 Å². The molecule has 0 aromatic carbocycles. The summed E-state index contributed by atoms with van der Waals surface area (Å²) in [5.74, 6) is -7.42. The molecule has 1 amide bonds. The van der Waals surface area contributed by atoms with Gasteiger partial charge in [-0.05, 0) is 31.3 Å². The Hall–Kier alpha value is -1.81. The number of thioether (sulfide) groups is 1. The lowest BCUT2D eigenvalue weighted by atomic mass is 9.87. The standard InChI is InChI=1S/C14H23NO8S/c1-3-4-6-24-7-5-9(11(18)19)15-12(20)14(23,13(21)22)8(2)10(16)17/h8-9,23H,3-7H2,1-2H3,(H,15,20)(H,16,17)(H,18,19)(H,21,22). The lowest BCUT2D eigenvalue weighted by molar-refractivity contribution is -0.179. The van der Waals surface area contributed by atoms with Crippen LogP contribution >= 0.6 is 11.8 Å². The van der Waals surface area contributed by atoms with E-state index >= 15 is 0 Å². The van der Waals surface area contributed by atoms with Crippen LogP contribution < -0.4 is 5.32 Å². The summed E-state index contributed by atoms with van der Waals surface area (Å²) in [6, 6.07) is -1.42. The van der Waals surface area contributed by atoms with Crippen LogP contribution in [0.2, 0.25) is 0 Å². The van der Waals surface area contributed by atoms with Crippen LogP contribution in [0.25, 0.3) is 0 Å². The second kappa shape index (κ2) is 10.1. The van der Waals surface area contributed by atoms with Gasteiger partial charge in [-0.1, -0.05) is 13.3 Å². The van der Waals surface area contributed by atoms with Gasteiger partial charge in [-0.15, -0.1) is 0 Å². The number of aliphatic carboxylic acids is 3. The molecule has 3 unspecified atom stereocenters. The zero-order valence-corrected chi connectivity index (χ0v) is 14.3. The smallest absolute Gasteiger partial charge is 0.346 e. The van der Waals surface area contributed by atoms with Gasteiger partial charge in [0, 0.05) is 0 Å². The Morgan fingerprint density at radius 3 is 2.08 bits per heavy atom. The number of aliphatic hydroxyl groups is 1. The van der Waals surface area contributed by atoms with Gasteiger partial charge in [-0.3, -0.25) is 9.59 Å². The highest BCUT2D eigenvalue weighted by molar-refractivity contribution is 7.99. The van der Waals surface area contributed by atoms with Crippen LogP contribution in [-0.4, -0.2) is 67.4 Å². The lowest BCUT2D eigenvalue weighted by Crippen LogP contribution is -2.61. The zero-order valence-electron chi connectivity index (χ0n) is 13.5. The molecule has 5 N–H and O–H groups in total. The lowest BCUT2D eigenvalue weighted by Gasteiger charge is -2.27. The summed E-state index contributed by atoms with van der Waals surface area (Å²) in [7, 11) is 0. The van der Waals surface area contributed by atoms with Gasteiger partial charge in [0.2, 0.25) is 0 Å². The minimum absolute atomic E-state index is 0.0204. The molecule has 9 nitrogen and oxygen atoms in total.